The molecular formula is C22H36ClN3. The molecule has 0 aliphatic rings. The van der Waals surface area contributed by atoms with E-state index in [0.717, 1.165) is 23.5 Å². The molecule has 0 saturated carbocycles. The summed E-state index contributed by atoms with van der Waals surface area (Å²) in [6, 6.07) is 6.10. The first-order valence-electron chi connectivity index (χ1n) is 10.5. The molecule has 0 spiro atoms. The number of halogens is 1. The van der Waals surface area contributed by atoms with Crippen molar-refractivity contribution in [3.05, 3.63) is 29.0 Å². The standard InChI is InChI=1S/C22H36ClN3/c1-5-8-13-25(14-9-6-2)15-10-16-26-21-12-11-19(23)17-20(21)24-22(26)18(4)7-3/h11-12,17-18H,5-10,13-16H2,1-4H3. The summed E-state index contributed by atoms with van der Waals surface area (Å²) >= 11 is 6.18. The molecule has 0 aliphatic carbocycles. The van der Waals surface area contributed by atoms with Crippen molar-refractivity contribution in [3.8, 4) is 0 Å². The number of hydrogen-bond donors (Lipinski definition) is 0. The molecule has 0 aliphatic heterocycles. The quantitative estimate of drug-likeness (QED) is 0.421. The fourth-order valence-corrected chi connectivity index (χ4v) is 3.63. The first-order valence-corrected chi connectivity index (χ1v) is 10.9. The van der Waals surface area contributed by atoms with Crippen LogP contribution in [0.4, 0.5) is 0 Å². The molecule has 1 heterocycles. The van der Waals surface area contributed by atoms with Crippen LogP contribution in [0.25, 0.3) is 11.0 Å². The molecule has 146 valence electrons. The fraction of sp³-hybridized carbons (Fsp3) is 0.682. The van der Waals surface area contributed by atoms with E-state index in [9.17, 15) is 0 Å². The molecule has 0 N–H and O–H groups in total. The Morgan fingerprint density at radius 1 is 1.04 bits per heavy atom. The summed E-state index contributed by atoms with van der Waals surface area (Å²) in [5.74, 6) is 1.68. The van der Waals surface area contributed by atoms with E-state index < -0.39 is 0 Å². The molecule has 0 amide bonds. The van der Waals surface area contributed by atoms with Gasteiger partial charge in [-0.15, -0.1) is 0 Å². The number of fused-ring (bicyclic) bond motifs is 1. The monoisotopic (exact) mass is 377 g/mol. The summed E-state index contributed by atoms with van der Waals surface area (Å²) in [6.07, 6.45) is 7.42. The molecule has 1 unspecified atom stereocenters. The van der Waals surface area contributed by atoms with E-state index in [-0.39, 0.29) is 0 Å². The Kier molecular flexibility index (Phi) is 8.94. The SMILES string of the molecule is CCCCN(CCCC)CCCn1c(C(C)CC)nc2cc(Cl)ccc21. The van der Waals surface area contributed by atoms with Crippen LogP contribution in [0.15, 0.2) is 18.2 Å². The molecule has 1 aromatic heterocycles. The van der Waals surface area contributed by atoms with E-state index in [1.165, 1.54) is 63.1 Å². The van der Waals surface area contributed by atoms with E-state index in [1.54, 1.807) is 0 Å². The number of aromatic nitrogens is 2. The average Bonchev–Trinajstić information content (AvgIpc) is 3.00. The van der Waals surface area contributed by atoms with E-state index in [1.807, 2.05) is 12.1 Å². The second-order valence-corrected chi connectivity index (χ2v) is 7.90. The average molecular weight is 378 g/mol. The summed E-state index contributed by atoms with van der Waals surface area (Å²) < 4.78 is 2.43. The van der Waals surface area contributed by atoms with E-state index >= 15 is 0 Å². The summed E-state index contributed by atoms with van der Waals surface area (Å²) in [5, 5.41) is 0.767. The zero-order chi connectivity index (χ0) is 18.9. The van der Waals surface area contributed by atoms with Crippen LogP contribution in [0.5, 0.6) is 0 Å². The molecule has 0 bridgehead atoms. The molecule has 2 aromatic rings. The minimum Gasteiger partial charge on any atom is -0.328 e. The van der Waals surface area contributed by atoms with Gasteiger partial charge in [0.15, 0.2) is 0 Å². The highest BCUT2D eigenvalue weighted by Crippen LogP contribution is 2.26. The Bertz CT molecular complexity index is 657. The van der Waals surface area contributed by atoms with Gasteiger partial charge in [-0.25, -0.2) is 4.98 Å². The van der Waals surface area contributed by atoms with Crippen molar-refractivity contribution < 1.29 is 0 Å². The third-order valence-corrected chi connectivity index (χ3v) is 5.54. The van der Waals surface area contributed by atoms with Crippen molar-refractivity contribution in [1.82, 2.24) is 14.5 Å². The number of benzene rings is 1. The van der Waals surface area contributed by atoms with Crippen LogP contribution in [-0.4, -0.2) is 34.1 Å². The van der Waals surface area contributed by atoms with Gasteiger partial charge in [-0.05, 0) is 63.5 Å². The molecule has 4 heteroatoms. The summed E-state index contributed by atoms with van der Waals surface area (Å²) in [4.78, 5) is 7.55. The van der Waals surface area contributed by atoms with Gasteiger partial charge in [0.1, 0.15) is 5.82 Å². The summed E-state index contributed by atoms with van der Waals surface area (Å²) in [7, 11) is 0. The number of unbranched alkanes of at least 4 members (excludes halogenated alkanes) is 2. The Hall–Kier alpha value is -1.06. The smallest absolute Gasteiger partial charge is 0.112 e. The van der Waals surface area contributed by atoms with Gasteiger partial charge < -0.3 is 9.47 Å². The molecule has 26 heavy (non-hydrogen) atoms. The second-order valence-electron chi connectivity index (χ2n) is 7.47. The van der Waals surface area contributed by atoms with Crippen LogP contribution in [0.1, 0.15) is 78.0 Å². The molecular weight excluding hydrogens is 342 g/mol. The highest BCUT2D eigenvalue weighted by molar-refractivity contribution is 6.31. The number of hydrogen-bond acceptors (Lipinski definition) is 2. The van der Waals surface area contributed by atoms with Crippen molar-refractivity contribution in [2.45, 2.75) is 78.7 Å². The normalized spacial score (nSPS) is 13.0. The third-order valence-electron chi connectivity index (χ3n) is 5.30. The zero-order valence-corrected chi connectivity index (χ0v) is 17.9. The Morgan fingerprint density at radius 2 is 1.69 bits per heavy atom. The largest absolute Gasteiger partial charge is 0.328 e. The lowest BCUT2D eigenvalue weighted by molar-refractivity contribution is 0.257. The first-order chi connectivity index (χ1) is 12.6. The molecule has 1 aromatic carbocycles. The topological polar surface area (TPSA) is 21.1 Å². The maximum absolute atomic E-state index is 6.18. The Morgan fingerprint density at radius 3 is 2.31 bits per heavy atom. The lowest BCUT2D eigenvalue weighted by Crippen LogP contribution is -2.28. The van der Waals surface area contributed by atoms with Gasteiger partial charge in [0.25, 0.3) is 0 Å². The van der Waals surface area contributed by atoms with Crippen molar-refractivity contribution in [2.24, 2.45) is 0 Å². The Labute approximate surface area is 164 Å². The van der Waals surface area contributed by atoms with Gasteiger partial charge in [0, 0.05) is 17.5 Å². The third kappa shape index (κ3) is 5.72. The maximum atomic E-state index is 6.18. The minimum atomic E-state index is 0.470. The van der Waals surface area contributed by atoms with Gasteiger partial charge in [-0.1, -0.05) is 52.1 Å². The molecule has 1 atom stereocenters. The predicted molar refractivity (Wildman–Crippen MR) is 114 cm³/mol. The second kappa shape index (κ2) is 10.9. The van der Waals surface area contributed by atoms with Gasteiger partial charge >= 0.3 is 0 Å². The highest BCUT2D eigenvalue weighted by Gasteiger charge is 2.16. The number of nitrogens with zero attached hydrogens (tertiary/aromatic N) is 3. The van der Waals surface area contributed by atoms with Crippen LogP contribution in [0.3, 0.4) is 0 Å². The first kappa shape index (κ1) is 21.2. The lowest BCUT2D eigenvalue weighted by atomic mass is 10.1. The molecule has 0 radical (unpaired) electrons. The maximum Gasteiger partial charge on any atom is 0.112 e. The van der Waals surface area contributed by atoms with Crippen molar-refractivity contribution in [1.29, 1.82) is 0 Å². The fourth-order valence-electron chi connectivity index (χ4n) is 3.47. The molecule has 0 saturated heterocycles. The van der Waals surface area contributed by atoms with Gasteiger partial charge in [0.05, 0.1) is 11.0 Å². The van der Waals surface area contributed by atoms with Gasteiger partial charge in [-0.2, -0.15) is 0 Å². The van der Waals surface area contributed by atoms with E-state index in [4.69, 9.17) is 16.6 Å². The number of rotatable bonds is 12. The predicted octanol–water partition coefficient (Wildman–Crippen LogP) is 6.50. The van der Waals surface area contributed by atoms with Gasteiger partial charge in [0.2, 0.25) is 0 Å². The summed E-state index contributed by atoms with van der Waals surface area (Å²) in [6.45, 7) is 13.7. The Balaban J connectivity index is 2.10. The lowest BCUT2D eigenvalue weighted by Gasteiger charge is -2.22. The molecule has 2 rings (SSSR count). The van der Waals surface area contributed by atoms with Crippen LogP contribution in [0, 0.1) is 0 Å². The van der Waals surface area contributed by atoms with Crippen LogP contribution in [0.2, 0.25) is 5.02 Å². The van der Waals surface area contributed by atoms with Crippen molar-refractivity contribution >= 4 is 22.6 Å². The van der Waals surface area contributed by atoms with Crippen LogP contribution >= 0.6 is 11.6 Å². The molecule has 0 fully saturated rings. The summed E-state index contributed by atoms with van der Waals surface area (Å²) in [5.41, 5.74) is 2.25. The zero-order valence-electron chi connectivity index (χ0n) is 17.1. The number of imidazole rings is 1. The van der Waals surface area contributed by atoms with E-state index in [2.05, 4.69) is 43.2 Å². The van der Waals surface area contributed by atoms with Crippen molar-refractivity contribution in [3.63, 3.8) is 0 Å². The highest BCUT2D eigenvalue weighted by atomic mass is 35.5. The van der Waals surface area contributed by atoms with Crippen molar-refractivity contribution in [2.75, 3.05) is 19.6 Å². The molecule has 3 nitrogen and oxygen atoms in total. The van der Waals surface area contributed by atoms with Crippen LogP contribution < -0.4 is 0 Å². The number of aryl methyl sites for hydroxylation is 1. The van der Waals surface area contributed by atoms with E-state index in [0.29, 0.717) is 5.92 Å². The minimum absolute atomic E-state index is 0.470. The van der Waals surface area contributed by atoms with Gasteiger partial charge in [-0.3, -0.25) is 0 Å². The van der Waals surface area contributed by atoms with Crippen LogP contribution in [-0.2, 0) is 6.54 Å².